The molecule has 1 aliphatic heterocycles. The van der Waals surface area contributed by atoms with Crippen molar-refractivity contribution in [3.05, 3.63) is 18.7 Å². The highest BCUT2D eigenvalue weighted by Crippen LogP contribution is 2.06. The van der Waals surface area contributed by atoms with E-state index in [9.17, 15) is 0 Å². The van der Waals surface area contributed by atoms with Gasteiger partial charge >= 0.3 is 0 Å². The molecule has 0 aromatic carbocycles. The largest absolute Gasteiger partial charge is 0.336 e. The molecule has 1 saturated heterocycles. The fraction of sp³-hybridized carbons (Fsp3) is 0.800. The molecule has 4 heteroatoms. The van der Waals surface area contributed by atoms with Crippen LogP contribution in [0.4, 0.5) is 0 Å². The molecule has 0 aliphatic carbocycles. The van der Waals surface area contributed by atoms with Gasteiger partial charge in [0.05, 0.1) is 6.33 Å². The quantitative estimate of drug-likeness (QED) is 0.672. The average molecular weight is 264 g/mol. The summed E-state index contributed by atoms with van der Waals surface area (Å²) in [7, 11) is 0. The Balaban J connectivity index is 1.55. The molecule has 0 atom stereocenters. The predicted molar refractivity (Wildman–Crippen MR) is 79.2 cm³/mol. The Bertz CT molecular complexity index is 315. The molecule has 1 fully saturated rings. The normalized spacial score (nSPS) is 17.9. The summed E-state index contributed by atoms with van der Waals surface area (Å²) in [5, 5.41) is 0. The minimum atomic E-state index is 1.07. The molecule has 2 rings (SSSR count). The van der Waals surface area contributed by atoms with Gasteiger partial charge in [0.2, 0.25) is 0 Å². The molecular weight excluding hydrogens is 236 g/mol. The Hall–Kier alpha value is -0.870. The lowest BCUT2D eigenvalue weighted by atomic mass is 10.2. The first-order valence-electron chi connectivity index (χ1n) is 7.79. The van der Waals surface area contributed by atoms with Crippen molar-refractivity contribution in [1.29, 1.82) is 0 Å². The smallest absolute Gasteiger partial charge is 0.0946 e. The molecule has 1 aromatic heterocycles. The molecule has 0 radical (unpaired) electrons. The van der Waals surface area contributed by atoms with Gasteiger partial charge in [-0.2, -0.15) is 0 Å². The summed E-state index contributed by atoms with van der Waals surface area (Å²) in [5.74, 6) is 0. The zero-order valence-electron chi connectivity index (χ0n) is 12.3. The highest BCUT2D eigenvalue weighted by Gasteiger charge is 2.15. The summed E-state index contributed by atoms with van der Waals surface area (Å²) >= 11 is 0. The Kier molecular flexibility index (Phi) is 6.37. The van der Waals surface area contributed by atoms with Crippen molar-refractivity contribution in [2.24, 2.45) is 0 Å². The standard InChI is InChI=1S/C15H28N4/c1-2-3-4-5-7-17-9-11-18(12-10-17)13-14-19-8-6-16-15-19/h6,8,15H,2-5,7,9-14H2,1H3. The Labute approximate surface area is 117 Å². The maximum Gasteiger partial charge on any atom is 0.0946 e. The van der Waals surface area contributed by atoms with Gasteiger partial charge in [-0.25, -0.2) is 4.98 Å². The van der Waals surface area contributed by atoms with Crippen molar-refractivity contribution in [3.63, 3.8) is 0 Å². The van der Waals surface area contributed by atoms with E-state index in [1.54, 1.807) is 0 Å². The van der Waals surface area contributed by atoms with E-state index in [-0.39, 0.29) is 0 Å². The average Bonchev–Trinajstić information content (AvgIpc) is 2.96. The van der Waals surface area contributed by atoms with Crippen LogP contribution in [0.25, 0.3) is 0 Å². The number of aromatic nitrogens is 2. The first kappa shape index (κ1) is 14.5. The zero-order valence-corrected chi connectivity index (χ0v) is 12.3. The Morgan fingerprint density at radius 1 is 0.895 bits per heavy atom. The van der Waals surface area contributed by atoms with Gasteiger partial charge < -0.3 is 9.47 Å². The molecule has 0 unspecified atom stereocenters. The second kappa shape index (κ2) is 8.33. The Morgan fingerprint density at radius 2 is 1.63 bits per heavy atom. The molecule has 0 bridgehead atoms. The van der Waals surface area contributed by atoms with Crippen LogP contribution in [0.5, 0.6) is 0 Å². The summed E-state index contributed by atoms with van der Waals surface area (Å²) in [6, 6.07) is 0. The van der Waals surface area contributed by atoms with E-state index >= 15 is 0 Å². The van der Waals surface area contributed by atoms with Crippen molar-refractivity contribution in [1.82, 2.24) is 19.4 Å². The molecular formula is C15H28N4. The second-order valence-corrected chi connectivity index (χ2v) is 5.54. The van der Waals surface area contributed by atoms with E-state index in [1.165, 1.54) is 58.4 Å². The summed E-state index contributed by atoms with van der Waals surface area (Å²) in [6.45, 7) is 10.7. The number of hydrogen-bond donors (Lipinski definition) is 0. The minimum Gasteiger partial charge on any atom is -0.336 e. The van der Waals surface area contributed by atoms with Gasteiger partial charge in [-0.3, -0.25) is 4.90 Å². The van der Waals surface area contributed by atoms with E-state index in [4.69, 9.17) is 0 Å². The van der Waals surface area contributed by atoms with E-state index in [0.717, 1.165) is 13.1 Å². The zero-order chi connectivity index (χ0) is 13.3. The first-order chi connectivity index (χ1) is 9.38. The molecule has 4 nitrogen and oxygen atoms in total. The lowest BCUT2D eigenvalue weighted by Crippen LogP contribution is -2.47. The van der Waals surface area contributed by atoms with Crippen LogP contribution in [0.1, 0.15) is 32.6 Å². The van der Waals surface area contributed by atoms with Crippen molar-refractivity contribution in [3.8, 4) is 0 Å². The highest BCUT2D eigenvalue weighted by molar-refractivity contribution is 4.76. The fourth-order valence-electron chi connectivity index (χ4n) is 2.67. The minimum absolute atomic E-state index is 1.07. The topological polar surface area (TPSA) is 24.3 Å². The van der Waals surface area contributed by atoms with Gasteiger partial charge in [-0.1, -0.05) is 26.2 Å². The van der Waals surface area contributed by atoms with Crippen molar-refractivity contribution in [2.45, 2.75) is 39.2 Å². The van der Waals surface area contributed by atoms with E-state index in [0.29, 0.717) is 0 Å². The highest BCUT2D eigenvalue weighted by atomic mass is 15.3. The van der Waals surface area contributed by atoms with E-state index in [1.807, 2.05) is 18.7 Å². The number of imidazole rings is 1. The monoisotopic (exact) mass is 264 g/mol. The number of unbranched alkanes of at least 4 members (excludes halogenated alkanes) is 3. The van der Waals surface area contributed by atoms with Gasteiger partial charge in [0.25, 0.3) is 0 Å². The number of piperazine rings is 1. The molecule has 0 amide bonds. The van der Waals surface area contributed by atoms with Crippen LogP contribution in [0.3, 0.4) is 0 Å². The molecule has 108 valence electrons. The Morgan fingerprint density at radius 3 is 2.26 bits per heavy atom. The summed E-state index contributed by atoms with van der Waals surface area (Å²) < 4.78 is 2.16. The van der Waals surface area contributed by atoms with Crippen LogP contribution in [0.2, 0.25) is 0 Å². The summed E-state index contributed by atoms with van der Waals surface area (Å²) in [4.78, 5) is 9.28. The molecule has 0 N–H and O–H groups in total. The molecule has 0 saturated carbocycles. The van der Waals surface area contributed by atoms with Gasteiger partial charge in [-0.15, -0.1) is 0 Å². The molecule has 1 aliphatic rings. The third kappa shape index (κ3) is 5.33. The first-order valence-corrected chi connectivity index (χ1v) is 7.79. The van der Waals surface area contributed by atoms with Gasteiger partial charge in [0.15, 0.2) is 0 Å². The molecule has 19 heavy (non-hydrogen) atoms. The number of hydrogen-bond acceptors (Lipinski definition) is 3. The van der Waals surface area contributed by atoms with E-state index < -0.39 is 0 Å². The SMILES string of the molecule is CCCCCCN1CCN(CCn2ccnc2)CC1. The van der Waals surface area contributed by atoms with Crippen LogP contribution in [-0.4, -0.2) is 58.6 Å². The summed E-state index contributed by atoms with van der Waals surface area (Å²) in [6.07, 6.45) is 11.3. The van der Waals surface area contributed by atoms with Gasteiger partial charge in [0, 0.05) is 51.7 Å². The maximum atomic E-state index is 4.08. The van der Waals surface area contributed by atoms with Crippen molar-refractivity contribution in [2.75, 3.05) is 39.3 Å². The predicted octanol–water partition coefficient (Wildman–Crippen LogP) is 2.08. The van der Waals surface area contributed by atoms with Crippen molar-refractivity contribution < 1.29 is 0 Å². The van der Waals surface area contributed by atoms with Crippen molar-refractivity contribution >= 4 is 0 Å². The van der Waals surface area contributed by atoms with Crippen LogP contribution >= 0.6 is 0 Å². The van der Waals surface area contributed by atoms with Gasteiger partial charge in [-0.05, 0) is 13.0 Å². The summed E-state index contributed by atoms with van der Waals surface area (Å²) in [5.41, 5.74) is 0. The van der Waals surface area contributed by atoms with Gasteiger partial charge in [0.1, 0.15) is 0 Å². The third-order valence-electron chi connectivity index (χ3n) is 4.03. The van der Waals surface area contributed by atoms with Crippen LogP contribution in [-0.2, 0) is 6.54 Å². The van der Waals surface area contributed by atoms with Crippen LogP contribution < -0.4 is 0 Å². The second-order valence-electron chi connectivity index (χ2n) is 5.54. The maximum absolute atomic E-state index is 4.08. The number of nitrogens with zero attached hydrogens (tertiary/aromatic N) is 4. The fourth-order valence-corrected chi connectivity index (χ4v) is 2.67. The molecule has 0 spiro atoms. The lowest BCUT2D eigenvalue weighted by Gasteiger charge is -2.34. The lowest BCUT2D eigenvalue weighted by molar-refractivity contribution is 0.127. The molecule has 2 heterocycles. The van der Waals surface area contributed by atoms with Crippen LogP contribution in [0.15, 0.2) is 18.7 Å². The molecule has 1 aromatic rings. The number of rotatable bonds is 8. The van der Waals surface area contributed by atoms with Crippen LogP contribution in [0, 0.1) is 0 Å². The third-order valence-corrected chi connectivity index (χ3v) is 4.03. The van der Waals surface area contributed by atoms with E-state index in [2.05, 4.69) is 26.3 Å².